The van der Waals surface area contributed by atoms with E-state index in [0.717, 1.165) is 16.2 Å². The molecule has 2 aromatic heterocycles. The van der Waals surface area contributed by atoms with Crippen molar-refractivity contribution in [1.82, 2.24) is 5.43 Å². The van der Waals surface area contributed by atoms with Crippen LogP contribution in [0.2, 0.25) is 0 Å². The molecule has 0 spiro atoms. The highest BCUT2D eigenvalue weighted by Gasteiger charge is 2.15. The fourth-order valence-corrected chi connectivity index (χ4v) is 3.18. The van der Waals surface area contributed by atoms with E-state index >= 15 is 0 Å². The summed E-state index contributed by atoms with van der Waals surface area (Å²) in [7, 11) is 1.62. The van der Waals surface area contributed by atoms with E-state index in [4.69, 9.17) is 14.9 Å². The van der Waals surface area contributed by atoms with Crippen LogP contribution < -0.4 is 15.9 Å². The summed E-state index contributed by atoms with van der Waals surface area (Å²) in [6.07, 6.45) is 1.55. The zero-order valence-corrected chi connectivity index (χ0v) is 14.6. The molecule has 1 aromatic carbocycles. The van der Waals surface area contributed by atoms with Crippen molar-refractivity contribution in [3.05, 3.63) is 59.4 Å². The highest BCUT2D eigenvalue weighted by atomic mass is 32.1. The van der Waals surface area contributed by atoms with Gasteiger partial charge in [-0.15, -0.1) is 11.3 Å². The van der Waals surface area contributed by atoms with Gasteiger partial charge in [0, 0.05) is 4.88 Å². The summed E-state index contributed by atoms with van der Waals surface area (Å²) in [5, 5.41) is 4.05. The van der Waals surface area contributed by atoms with E-state index in [0.29, 0.717) is 22.0 Å². The smallest absolute Gasteiger partial charge is 0.283 e. The summed E-state index contributed by atoms with van der Waals surface area (Å²) in [5.74, 6) is 1.01. The highest BCUT2D eigenvalue weighted by molar-refractivity contribution is 7.18. The number of nitrogens with one attached hydrogen (secondary N) is 1. The maximum atomic E-state index is 12.3. The number of hydrogen-bond donors (Lipinski definition) is 2. The van der Waals surface area contributed by atoms with Gasteiger partial charge in [0.15, 0.2) is 0 Å². The number of nitrogen functional groups attached to an aromatic ring is 1. The van der Waals surface area contributed by atoms with Crippen LogP contribution in [0, 0.1) is 0 Å². The van der Waals surface area contributed by atoms with Crippen molar-refractivity contribution in [3.63, 3.8) is 0 Å². The molecule has 0 bridgehead atoms. The number of benzene rings is 1. The van der Waals surface area contributed by atoms with Gasteiger partial charge in [-0.05, 0) is 55.0 Å². The topological polar surface area (TPSA) is 89.8 Å². The molecule has 7 heteroatoms. The summed E-state index contributed by atoms with van der Waals surface area (Å²) < 4.78 is 10.4. The third-order valence-electron chi connectivity index (χ3n) is 3.54. The van der Waals surface area contributed by atoms with Gasteiger partial charge in [0.1, 0.15) is 22.1 Å². The number of methoxy groups -OCH3 is 1. The lowest BCUT2D eigenvalue weighted by molar-refractivity contribution is 0.0959. The molecule has 0 aliphatic rings. The molecule has 0 radical (unpaired) electrons. The molecule has 128 valence electrons. The van der Waals surface area contributed by atoms with Crippen LogP contribution in [0.4, 0.5) is 5.69 Å². The maximum Gasteiger partial charge on any atom is 0.283 e. The van der Waals surface area contributed by atoms with Crippen molar-refractivity contribution in [1.29, 1.82) is 0 Å². The van der Waals surface area contributed by atoms with Crippen molar-refractivity contribution in [2.45, 2.75) is 6.92 Å². The van der Waals surface area contributed by atoms with Gasteiger partial charge in [-0.1, -0.05) is 0 Å². The largest absolute Gasteiger partial charge is 0.497 e. The molecular weight excluding hydrogens is 338 g/mol. The quantitative estimate of drug-likeness (QED) is 0.539. The van der Waals surface area contributed by atoms with Crippen molar-refractivity contribution >= 4 is 28.6 Å². The lowest BCUT2D eigenvalue weighted by Gasteiger charge is -2.01. The Morgan fingerprint density at radius 2 is 2.04 bits per heavy atom. The fraction of sp³-hybridized carbons (Fsp3) is 0.111. The number of hydrazone groups is 1. The van der Waals surface area contributed by atoms with E-state index in [1.165, 1.54) is 11.3 Å². The zero-order chi connectivity index (χ0) is 17.8. The molecule has 2 heterocycles. The standard InChI is InChI=1S/C18H17N3O3S/c1-11(15-4-3-9-24-15)20-21-18(22)17-14(19)10-16(25-17)12-5-7-13(23-2)8-6-12/h3-10H,19H2,1-2H3,(H,21,22)/b20-11-. The molecule has 0 aliphatic carbocycles. The van der Waals surface area contributed by atoms with Gasteiger partial charge in [-0.2, -0.15) is 5.10 Å². The maximum absolute atomic E-state index is 12.3. The van der Waals surface area contributed by atoms with Crippen LogP contribution in [-0.2, 0) is 0 Å². The van der Waals surface area contributed by atoms with Gasteiger partial charge < -0.3 is 14.9 Å². The highest BCUT2D eigenvalue weighted by Crippen LogP contribution is 2.33. The molecule has 3 N–H and O–H groups in total. The van der Waals surface area contributed by atoms with Crippen molar-refractivity contribution < 1.29 is 13.9 Å². The Bertz CT molecular complexity index is 896. The fourth-order valence-electron chi connectivity index (χ4n) is 2.21. The third kappa shape index (κ3) is 3.72. The number of furan rings is 1. The Labute approximate surface area is 148 Å². The van der Waals surface area contributed by atoms with Crippen LogP contribution in [0.3, 0.4) is 0 Å². The minimum atomic E-state index is -0.354. The number of thiophene rings is 1. The second-order valence-electron chi connectivity index (χ2n) is 5.24. The Morgan fingerprint density at radius 1 is 1.28 bits per heavy atom. The number of carbonyl (C=O) groups excluding carboxylic acids is 1. The summed E-state index contributed by atoms with van der Waals surface area (Å²) in [6.45, 7) is 1.75. The lowest BCUT2D eigenvalue weighted by atomic mass is 10.2. The summed E-state index contributed by atoms with van der Waals surface area (Å²) in [6, 6.07) is 12.9. The molecular formula is C18H17N3O3S. The van der Waals surface area contributed by atoms with Gasteiger partial charge in [-0.25, -0.2) is 5.43 Å². The van der Waals surface area contributed by atoms with Crippen LogP contribution in [0.1, 0.15) is 22.4 Å². The molecule has 3 aromatic rings. The van der Waals surface area contributed by atoms with Crippen LogP contribution >= 0.6 is 11.3 Å². The van der Waals surface area contributed by atoms with Gasteiger partial charge in [-0.3, -0.25) is 4.79 Å². The van der Waals surface area contributed by atoms with Gasteiger partial charge in [0.05, 0.1) is 19.1 Å². The van der Waals surface area contributed by atoms with Crippen molar-refractivity contribution in [2.24, 2.45) is 5.10 Å². The first-order chi connectivity index (χ1) is 12.1. The third-order valence-corrected chi connectivity index (χ3v) is 4.74. The summed E-state index contributed by atoms with van der Waals surface area (Å²) in [4.78, 5) is 13.7. The summed E-state index contributed by atoms with van der Waals surface area (Å²) in [5.41, 5.74) is 10.5. The normalized spacial score (nSPS) is 11.4. The Kier molecular flexibility index (Phi) is 4.85. The molecule has 6 nitrogen and oxygen atoms in total. The number of nitrogens with two attached hydrogens (primary N) is 1. The first-order valence-electron chi connectivity index (χ1n) is 7.50. The Morgan fingerprint density at radius 3 is 2.68 bits per heavy atom. The van der Waals surface area contributed by atoms with Crippen LogP contribution in [-0.4, -0.2) is 18.7 Å². The van der Waals surface area contributed by atoms with Gasteiger partial charge >= 0.3 is 0 Å². The number of ether oxygens (including phenoxy) is 1. The number of carbonyl (C=O) groups is 1. The first kappa shape index (κ1) is 16.8. The van der Waals surface area contributed by atoms with Gasteiger partial charge in [0.25, 0.3) is 5.91 Å². The van der Waals surface area contributed by atoms with E-state index in [2.05, 4.69) is 10.5 Å². The molecule has 0 saturated heterocycles. The van der Waals surface area contributed by atoms with E-state index in [9.17, 15) is 4.79 Å². The molecule has 0 fully saturated rings. The molecule has 1 amide bonds. The minimum Gasteiger partial charge on any atom is -0.497 e. The minimum absolute atomic E-state index is 0.354. The molecule has 0 saturated carbocycles. The number of hydrogen-bond acceptors (Lipinski definition) is 6. The van der Waals surface area contributed by atoms with E-state index in [1.54, 1.807) is 38.5 Å². The summed E-state index contributed by atoms with van der Waals surface area (Å²) >= 11 is 1.31. The second-order valence-corrected chi connectivity index (χ2v) is 6.29. The predicted molar refractivity (Wildman–Crippen MR) is 99.1 cm³/mol. The number of anilines is 1. The van der Waals surface area contributed by atoms with Crippen molar-refractivity contribution in [2.75, 3.05) is 12.8 Å². The number of amides is 1. The van der Waals surface area contributed by atoms with Gasteiger partial charge in [0.2, 0.25) is 0 Å². The SMILES string of the molecule is COc1ccc(-c2cc(N)c(C(=O)N/N=C(/C)c3ccco3)s2)cc1. The van der Waals surface area contributed by atoms with E-state index < -0.39 is 0 Å². The Balaban J connectivity index is 1.77. The first-order valence-corrected chi connectivity index (χ1v) is 8.32. The molecule has 25 heavy (non-hydrogen) atoms. The second kappa shape index (κ2) is 7.23. The van der Waals surface area contributed by atoms with Crippen LogP contribution in [0.15, 0.2) is 58.2 Å². The lowest BCUT2D eigenvalue weighted by Crippen LogP contribution is -2.19. The van der Waals surface area contributed by atoms with E-state index in [1.807, 2.05) is 24.3 Å². The Hall–Kier alpha value is -3.06. The zero-order valence-electron chi connectivity index (χ0n) is 13.8. The molecule has 0 unspecified atom stereocenters. The predicted octanol–water partition coefficient (Wildman–Crippen LogP) is 3.75. The number of nitrogens with zero attached hydrogens (tertiary/aromatic N) is 1. The monoisotopic (exact) mass is 355 g/mol. The van der Waals surface area contributed by atoms with Crippen LogP contribution in [0.25, 0.3) is 10.4 Å². The average Bonchev–Trinajstić information content (AvgIpc) is 3.29. The molecule has 3 rings (SSSR count). The van der Waals surface area contributed by atoms with Crippen LogP contribution in [0.5, 0.6) is 5.75 Å². The molecule has 0 aliphatic heterocycles. The number of rotatable bonds is 5. The molecule has 0 atom stereocenters. The van der Waals surface area contributed by atoms with Crippen molar-refractivity contribution in [3.8, 4) is 16.2 Å². The average molecular weight is 355 g/mol. The van der Waals surface area contributed by atoms with E-state index in [-0.39, 0.29) is 5.91 Å².